The zero-order chi connectivity index (χ0) is 16.4. The van der Waals surface area contributed by atoms with E-state index in [-0.39, 0.29) is 0 Å². The molecule has 4 rings (SSSR count). The molecule has 0 atom stereocenters. The molecule has 0 fully saturated rings. The maximum Gasteiger partial charge on any atom is 0.258 e. The van der Waals surface area contributed by atoms with Crippen molar-refractivity contribution in [3.63, 3.8) is 0 Å². The van der Waals surface area contributed by atoms with E-state index < -0.39 is 0 Å². The molecule has 0 saturated carbocycles. The molecule has 2 aromatic heterocycles. The van der Waals surface area contributed by atoms with Crippen molar-refractivity contribution in [1.82, 2.24) is 15.1 Å². The second-order valence-electron chi connectivity index (χ2n) is 5.83. The molecule has 2 heterocycles. The Bertz CT molecular complexity index is 977. The third kappa shape index (κ3) is 2.91. The number of rotatable bonds is 4. The average molecular weight is 315 g/mol. The van der Waals surface area contributed by atoms with E-state index in [9.17, 15) is 0 Å². The van der Waals surface area contributed by atoms with Crippen molar-refractivity contribution in [3.8, 4) is 11.5 Å². The molecule has 0 unspecified atom stereocenters. The van der Waals surface area contributed by atoms with Crippen LogP contribution in [-0.4, -0.2) is 15.1 Å². The summed E-state index contributed by atoms with van der Waals surface area (Å²) >= 11 is 0. The van der Waals surface area contributed by atoms with Gasteiger partial charge in [0, 0.05) is 17.5 Å². The first kappa shape index (κ1) is 14.6. The molecule has 0 saturated heterocycles. The van der Waals surface area contributed by atoms with Crippen molar-refractivity contribution in [2.24, 2.45) is 0 Å². The minimum absolute atomic E-state index is 0.555. The number of aryl methyl sites for hydroxylation is 3. The maximum atomic E-state index is 5.51. The fourth-order valence-electron chi connectivity index (χ4n) is 2.85. The molecule has 0 aliphatic carbocycles. The average Bonchev–Trinajstić information content (AvgIpc) is 3.09. The first-order valence-corrected chi connectivity index (χ1v) is 8.03. The fraction of sp³-hybridized carbons (Fsp3) is 0.150. The lowest BCUT2D eigenvalue weighted by Crippen LogP contribution is -1.93. The van der Waals surface area contributed by atoms with Gasteiger partial charge in [0.15, 0.2) is 5.82 Å². The Balaban J connectivity index is 1.63. The number of hydrogen-bond donors (Lipinski definition) is 0. The van der Waals surface area contributed by atoms with Gasteiger partial charge in [0.2, 0.25) is 0 Å². The van der Waals surface area contributed by atoms with Gasteiger partial charge in [-0.2, -0.15) is 4.98 Å². The molecule has 0 radical (unpaired) electrons. The molecule has 0 aliphatic rings. The van der Waals surface area contributed by atoms with Crippen LogP contribution in [0.3, 0.4) is 0 Å². The summed E-state index contributed by atoms with van der Waals surface area (Å²) < 4.78 is 5.51. The summed E-state index contributed by atoms with van der Waals surface area (Å²) in [5, 5.41) is 5.17. The molecule has 2 aromatic carbocycles. The van der Waals surface area contributed by atoms with Crippen LogP contribution in [0.15, 0.2) is 65.2 Å². The van der Waals surface area contributed by atoms with Gasteiger partial charge in [-0.15, -0.1) is 0 Å². The molecule has 118 valence electrons. The SMILES string of the molecule is Cc1cc(-c2nc(CCc3ccccc3)no2)c2ccccc2n1. The van der Waals surface area contributed by atoms with Crippen LogP contribution in [0.4, 0.5) is 0 Å². The predicted octanol–water partition coefficient (Wildman–Crippen LogP) is 4.38. The van der Waals surface area contributed by atoms with Gasteiger partial charge in [0.05, 0.1) is 11.1 Å². The molecule has 24 heavy (non-hydrogen) atoms. The van der Waals surface area contributed by atoms with Crippen LogP contribution in [0.1, 0.15) is 17.1 Å². The molecule has 4 heteroatoms. The smallest absolute Gasteiger partial charge is 0.258 e. The second kappa shape index (κ2) is 6.24. The minimum atomic E-state index is 0.555. The normalized spacial score (nSPS) is 11.0. The third-order valence-corrected chi connectivity index (χ3v) is 4.02. The van der Waals surface area contributed by atoms with Gasteiger partial charge in [-0.3, -0.25) is 4.98 Å². The second-order valence-corrected chi connectivity index (χ2v) is 5.83. The van der Waals surface area contributed by atoms with Crippen LogP contribution < -0.4 is 0 Å². The molecule has 0 amide bonds. The number of para-hydroxylation sites is 1. The van der Waals surface area contributed by atoms with E-state index in [0.29, 0.717) is 5.89 Å². The van der Waals surface area contributed by atoms with Gasteiger partial charge in [0.1, 0.15) is 0 Å². The van der Waals surface area contributed by atoms with Crippen molar-refractivity contribution < 1.29 is 4.52 Å². The van der Waals surface area contributed by atoms with E-state index in [1.165, 1.54) is 5.56 Å². The highest BCUT2D eigenvalue weighted by Crippen LogP contribution is 2.27. The monoisotopic (exact) mass is 315 g/mol. The van der Waals surface area contributed by atoms with Crippen LogP contribution in [0.5, 0.6) is 0 Å². The molecule has 4 aromatic rings. The van der Waals surface area contributed by atoms with E-state index in [1.807, 2.05) is 55.5 Å². The van der Waals surface area contributed by atoms with Crippen LogP contribution in [-0.2, 0) is 12.8 Å². The van der Waals surface area contributed by atoms with Crippen molar-refractivity contribution >= 4 is 10.9 Å². The van der Waals surface area contributed by atoms with Crippen LogP contribution in [0.2, 0.25) is 0 Å². The number of pyridine rings is 1. The standard InChI is InChI=1S/C20H17N3O/c1-14-13-17(16-9-5-6-10-18(16)21-14)20-22-19(23-24-20)12-11-15-7-3-2-4-8-15/h2-10,13H,11-12H2,1H3. The summed E-state index contributed by atoms with van der Waals surface area (Å²) in [7, 11) is 0. The lowest BCUT2D eigenvalue weighted by Gasteiger charge is -2.03. The number of nitrogens with zero attached hydrogens (tertiary/aromatic N) is 3. The Morgan fingerprint density at radius 2 is 1.67 bits per heavy atom. The molecule has 0 bridgehead atoms. The van der Waals surface area contributed by atoms with Crippen LogP contribution in [0.25, 0.3) is 22.4 Å². The molecular weight excluding hydrogens is 298 g/mol. The highest BCUT2D eigenvalue weighted by Gasteiger charge is 2.13. The minimum Gasteiger partial charge on any atom is -0.334 e. The first-order chi connectivity index (χ1) is 11.8. The Morgan fingerprint density at radius 3 is 2.54 bits per heavy atom. The summed E-state index contributed by atoms with van der Waals surface area (Å²) in [6, 6.07) is 20.3. The lowest BCUT2D eigenvalue weighted by molar-refractivity contribution is 0.422. The van der Waals surface area contributed by atoms with E-state index in [2.05, 4.69) is 27.3 Å². The van der Waals surface area contributed by atoms with E-state index in [0.717, 1.165) is 40.8 Å². The Kier molecular flexibility index (Phi) is 3.79. The summed E-state index contributed by atoms with van der Waals surface area (Å²) in [4.78, 5) is 9.14. The van der Waals surface area contributed by atoms with Gasteiger partial charge in [-0.05, 0) is 31.0 Å². The number of benzene rings is 2. The van der Waals surface area contributed by atoms with Crippen molar-refractivity contribution in [1.29, 1.82) is 0 Å². The van der Waals surface area contributed by atoms with Gasteiger partial charge >= 0.3 is 0 Å². The maximum absolute atomic E-state index is 5.51. The Hall–Kier alpha value is -3.01. The molecule has 0 aliphatic heterocycles. The van der Waals surface area contributed by atoms with E-state index in [1.54, 1.807) is 0 Å². The molecular formula is C20H17N3O. The van der Waals surface area contributed by atoms with Crippen LogP contribution >= 0.6 is 0 Å². The fourth-order valence-corrected chi connectivity index (χ4v) is 2.85. The lowest BCUT2D eigenvalue weighted by atomic mass is 10.1. The summed E-state index contributed by atoms with van der Waals surface area (Å²) in [6.07, 6.45) is 1.66. The Morgan fingerprint density at radius 1 is 0.875 bits per heavy atom. The first-order valence-electron chi connectivity index (χ1n) is 8.03. The Labute approximate surface area is 140 Å². The molecule has 0 spiro atoms. The largest absolute Gasteiger partial charge is 0.334 e. The quantitative estimate of drug-likeness (QED) is 0.561. The predicted molar refractivity (Wildman–Crippen MR) is 93.6 cm³/mol. The highest BCUT2D eigenvalue weighted by atomic mass is 16.5. The summed E-state index contributed by atoms with van der Waals surface area (Å²) in [5.41, 5.74) is 4.09. The molecule has 0 N–H and O–H groups in total. The molecule has 4 nitrogen and oxygen atoms in total. The zero-order valence-corrected chi connectivity index (χ0v) is 13.4. The topological polar surface area (TPSA) is 51.8 Å². The third-order valence-electron chi connectivity index (χ3n) is 4.02. The van der Waals surface area contributed by atoms with Crippen molar-refractivity contribution in [2.45, 2.75) is 19.8 Å². The van der Waals surface area contributed by atoms with Crippen molar-refractivity contribution in [2.75, 3.05) is 0 Å². The van der Waals surface area contributed by atoms with E-state index >= 15 is 0 Å². The summed E-state index contributed by atoms with van der Waals surface area (Å²) in [6.45, 7) is 1.97. The van der Waals surface area contributed by atoms with E-state index in [4.69, 9.17) is 4.52 Å². The van der Waals surface area contributed by atoms with Gasteiger partial charge in [-0.25, -0.2) is 0 Å². The number of aromatic nitrogens is 3. The van der Waals surface area contributed by atoms with Crippen molar-refractivity contribution in [3.05, 3.63) is 77.7 Å². The highest BCUT2D eigenvalue weighted by molar-refractivity contribution is 5.92. The number of hydrogen-bond acceptors (Lipinski definition) is 4. The van der Waals surface area contributed by atoms with Gasteiger partial charge < -0.3 is 4.52 Å². The summed E-state index contributed by atoms with van der Waals surface area (Å²) in [5.74, 6) is 1.28. The van der Waals surface area contributed by atoms with Gasteiger partial charge in [-0.1, -0.05) is 53.7 Å². The van der Waals surface area contributed by atoms with Crippen LogP contribution in [0, 0.1) is 6.92 Å². The van der Waals surface area contributed by atoms with Gasteiger partial charge in [0.25, 0.3) is 5.89 Å². The number of fused-ring (bicyclic) bond motifs is 1. The zero-order valence-electron chi connectivity index (χ0n) is 13.4.